The van der Waals surface area contributed by atoms with Gasteiger partial charge in [0.25, 0.3) is 5.91 Å². The summed E-state index contributed by atoms with van der Waals surface area (Å²) in [6.45, 7) is 5.46. The van der Waals surface area contributed by atoms with Crippen molar-refractivity contribution in [2.75, 3.05) is 65.4 Å². The van der Waals surface area contributed by atoms with E-state index in [0.717, 1.165) is 36.4 Å². The Hall–Kier alpha value is -4.34. The predicted molar refractivity (Wildman–Crippen MR) is 195 cm³/mol. The third-order valence-electron chi connectivity index (χ3n) is 10.4. The summed E-state index contributed by atoms with van der Waals surface area (Å²) in [6, 6.07) is 10.0. The Morgan fingerprint density at radius 2 is 1.56 bits per heavy atom. The smallest absolute Gasteiger partial charge is 0.315 e. The molecule has 15 heteroatoms. The van der Waals surface area contributed by atoms with Crippen LogP contribution in [0.3, 0.4) is 0 Å². The largest absolute Gasteiger partial charge is 0.344 e. The van der Waals surface area contributed by atoms with Crippen molar-refractivity contribution < 1.29 is 28.8 Å². The number of hydrogen-bond donors (Lipinski definition) is 3. The van der Waals surface area contributed by atoms with Gasteiger partial charge in [0.05, 0.1) is 19.1 Å². The number of thiophene rings is 1. The highest BCUT2D eigenvalue weighted by Crippen LogP contribution is 2.25. The number of fused-ring (bicyclic) bond motifs is 1. The zero-order valence-corrected chi connectivity index (χ0v) is 30.5. The quantitative estimate of drug-likeness (QED) is 0.276. The molecule has 4 fully saturated rings. The lowest BCUT2D eigenvalue weighted by Crippen LogP contribution is -2.65. The van der Waals surface area contributed by atoms with Gasteiger partial charge >= 0.3 is 6.03 Å². The maximum absolute atomic E-state index is 14.1. The molecule has 0 bridgehead atoms. The summed E-state index contributed by atoms with van der Waals surface area (Å²) in [5.74, 6) is -1.30. The number of benzene rings is 1. The average Bonchev–Trinajstić information content (AvgIpc) is 3.87. The summed E-state index contributed by atoms with van der Waals surface area (Å²) in [5, 5.41) is 13.0. The number of carbonyl (C=O) groups is 6. The molecular weight excluding hydrogens is 685 g/mol. The van der Waals surface area contributed by atoms with Gasteiger partial charge in [-0.2, -0.15) is 0 Å². The van der Waals surface area contributed by atoms with Gasteiger partial charge in [0.15, 0.2) is 5.78 Å². The van der Waals surface area contributed by atoms with Crippen LogP contribution in [0.5, 0.6) is 0 Å². The predicted octanol–water partition coefficient (Wildman–Crippen LogP) is 1.02. The molecule has 4 aliphatic rings. The number of urea groups is 1. The summed E-state index contributed by atoms with van der Waals surface area (Å²) < 4.78 is 0. The van der Waals surface area contributed by atoms with Gasteiger partial charge in [-0.15, -0.1) is 11.3 Å². The van der Waals surface area contributed by atoms with Crippen LogP contribution in [-0.2, 0) is 36.8 Å². The molecule has 2 aromatic rings. The van der Waals surface area contributed by atoms with E-state index in [-0.39, 0.29) is 49.9 Å². The summed E-state index contributed by atoms with van der Waals surface area (Å²) in [7, 11) is 0. The molecule has 280 valence electrons. The minimum Gasteiger partial charge on any atom is -0.344 e. The first-order chi connectivity index (χ1) is 25.2. The fourth-order valence-corrected chi connectivity index (χ4v) is 8.14. The van der Waals surface area contributed by atoms with Gasteiger partial charge < -0.3 is 20.9 Å². The highest BCUT2D eigenvalue weighted by atomic mass is 32.1. The topological polar surface area (TPSA) is 155 Å². The molecule has 6 amide bonds. The molecule has 3 N–H and O–H groups in total. The molecular formula is C37H50N8O6S. The van der Waals surface area contributed by atoms with Crippen LogP contribution in [0.1, 0.15) is 49.0 Å². The van der Waals surface area contributed by atoms with Crippen LogP contribution < -0.4 is 16.0 Å². The van der Waals surface area contributed by atoms with Crippen LogP contribution in [0.15, 0.2) is 47.8 Å². The van der Waals surface area contributed by atoms with E-state index in [9.17, 15) is 28.8 Å². The van der Waals surface area contributed by atoms with Gasteiger partial charge in [0.2, 0.25) is 17.7 Å². The van der Waals surface area contributed by atoms with Crippen molar-refractivity contribution >= 4 is 46.8 Å². The average molecular weight is 735 g/mol. The molecule has 6 rings (SSSR count). The monoisotopic (exact) mass is 734 g/mol. The van der Waals surface area contributed by atoms with Crippen LogP contribution >= 0.6 is 11.3 Å². The number of ketones is 1. The van der Waals surface area contributed by atoms with Crippen LogP contribution in [0.4, 0.5) is 4.79 Å². The highest BCUT2D eigenvalue weighted by molar-refractivity contribution is 7.09. The maximum atomic E-state index is 14.1. The van der Waals surface area contributed by atoms with Gasteiger partial charge in [-0.25, -0.2) is 9.80 Å². The van der Waals surface area contributed by atoms with Crippen molar-refractivity contribution in [2.45, 2.75) is 69.5 Å². The second-order valence-electron chi connectivity index (χ2n) is 14.0. The normalized spacial score (nSPS) is 22.0. The molecule has 1 aromatic heterocycles. The van der Waals surface area contributed by atoms with E-state index >= 15 is 0 Å². The van der Waals surface area contributed by atoms with Gasteiger partial charge in [0, 0.05) is 63.7 Å². The fraction of sp³-hybridized carbons (Fsp3) is 0.568. The van der Waals surface area contributed by atoms with E-state index in [1.54, 1.807) is 11.3 Å². The van der Waals surface area contributed by atoms with E-state index in [4.69, 9.17) is 0 Å². The Kier molecular flexibility index (Phi) is 12.9. The van der Waals surface area contributed by atoms with Gasteiger partial charge in [-0.1, -0.05) is 36.4 Å². The van der Waals surface area contributed by atoms with Crippen molar-refractivity contribution in [1.82, 2.24) is 40.7 Å². The second kappa shape index (κ2) is 17.9. The molecule has 0 radical (unpaired) electrons. The number of piperazine rings is 1. The minimum absolute atomic E-state index is 0.0471. The molecule has 14 nitrogen and oxygen atoms in total. The standard InChI is InChI=1S/C37H50N8O6S/c46-32(25-41-19-21-42(22-20-41)26-34(48)43-16-4-5-17-43)30(24-27-8-2-1-3-9-27)39-35(49)31-11-6-18-44-33(47)13-12-29(36(50)45(31)44)40-37(51)38-15-14-28-10-7-23-52-28/h1-3,7-10,23,29-31H,4-6,11-22,24-26H2,(H,39,49)(H2,38,40,51)/t29?,30-,31-/m0/s1. The number of rotatable bonds is 13. The van der Waals surface area contributed by atoms with Gasteiger partial charge in [-0.05, 0) is 62.0 Å². The number of nitrogens with zero attached hydrogens (tertiary/aromatic N) is 5. The number of hydrogen-bond acceptors (Lipinski definition) is 9. The van der Waals surface area contributed by atoms with E-state index in [1.165, 1.54) is 10.0 Å². The van der Waals surface area contributed by atoms with Crippen LogP contribution in [0.2, 0.25) is 0 Å². The minimum atomic E-state index is -1.02. The molecule has 3 atom stereocenters. The zero-order valence-electron chi connectivity index (χ0n) is 29.7. The Morgan fingerprint density at radius 3 is 2.27 bits per heavy atom. The lowest BCUT2D eigenvalue weighted by Gasteiger charge is -2.43. The third kappa shape index (κ3) is 9.75. The number of likely N-dealkylation sites (tertiary alicyclic amines) is 1. The number of Topliss-reactive ketones (excluding diaryl/α,β-unsaturated/α-hetero) is 1. The first-order valence-corrected chi connectivity index (χ1v) is 19.4. The highest BCUT2D eigenvalue weighted by Gasteiger charge is 2.45. The number of carbonyl (C=O) groups excluding carboxylic acids is 6. The van der Waals surface area contributed by atoms with Crippen LogP contribution in [-0.4, -0.2) is 144 Å². The first-order valence-electron chi connectivity index (χ1n) is 18.5. The lowest BCUT2D eigenvalue weighted by molar-refractivity contribution is -0.176. The summed E-state index contributed by atoms with van der Waals surface area (Å²) in [5.41, 5.74) is 0.882. The maximum Gasteiger partial charge on any atom is 0.315 e. The number of nitrogens with one attached hydrogen (secondary N) is 3. The van der Waals surface area contributed by atoms with E-state index in [2.05, 4.69) is 25.8 Å². The zero-order chi connectivity index (χ0) is 36.5. The van der Waals surface area contributed by atoms with Crippen molar-refractivity contribution in [3.05, 3.63) is 58.3 Å². The van der Waals surface area contributed by atoms with Crippen molar-refractivity contribution in [1.29, 1.82) is 0 Å². The molecule has 4 saturated heterocycles. The molecule has 0 spiro atoms. The van der Waals surface area contributed by atoms with E-state index in [1.807, 2.05) is 52.7 Å². The molecule has 1 aromatic carbocycles. The van der Waals surface area contributed by atoms with Gasteiger partial charge in [0.1, 0.15) is 12.1 Å². The Morgan fingerprint density at radius 1 is 0.827 bits per heavy atom. The lowest BCUT2D eigenvalue weighted by atomic mass is 10.00. The SMILES string of the molecule is O=C(NCCc1cccs1)NC1CCC(=O)N2CCC[C@@H](C(=O)N[C@@H](Cc3ccccc3)C(=O)CN3CCN(CC(=O)N4CCCC4)CC3)N2C1=O. The Bertz CT molecular complexity index is 1560. The molecule has 0 saturated carbocycles. The van der Waals surface area contributed by atoms with Crippen molar-refractivity contribution in [3.63, 3.8) is 0 Å². The second-order valence-corrected chi connectivity index (χ2v) is 15.1. The fourth-order valence-electron chi connectivity index (χ4n) is 7.43. The molecule has 52 heavy (non-hydrogen) atoms. The molecule has 4 aliphatic heterocycles. The number of hydrazine groups is 1. The first kappa shape index (κ1) is 37.4. The summed E-state index contributed by atoms with van der Waals surface area (Å²) in [6.07, 6.45) is 4.03. The third-order valence-corrected chi connectivity index (χ3v) is 11.3. The Balaban J connectivity index is 1.08. The molecule has 1 unspecified atom stereocenters. The summed E-state index contributed by atoms with van der Waals surface area (Å²) >= 11 is 1.60. The summed E-state index contributed by atoms with van der Waals surface area (Å²) in [4.78, 5) is 88.0. The number of amides is 6. The van der Waals surface area contributed by atoms with Crippen molar-refractivity contribution in [3.8, 4) is 0 Å². The Labute approximate surface area is 308 Å². The molecule has 5 heterocycles. The van der Waals surface area contributed by atoms with Gasteiger partial charge in [-0.3, -0.25) is 38.8 Å². The molecule has 0 aliphatic carbocycles. The van der Waals surface area contributed by atoms with Crippen molar-refractivity contribution in [2.24, 2.45) is 0 Å². The van der Waals surface area contributed by atoms with E-state index in [0.29, 0.717) is 58.5 Å². The van der Waals surface area contributed by atoms with Crippen LogP contribution in [0, 0.1) is 0 Å². The van der Waals surface area contributed by atoms with E-state index < -0.39 is 36.0 Å². The van der Waals surface area contributed by atoms with Crippen LogP contribution in [0.25, 0.3) is 0 Å².